The predicted octanol–water partition coefficient (Wildman–Crippen LogP) is 3.31. The Balaban J connectivity index is 1.73. The van der Waals surface area contributed by atoms with Crippen molar-refractivity contribution in [1.82, 2.24) is 4.90 Å². The number of carbonyl (C=O) groups excluding carboxylic acids is 4. The summed E-state index contributed by atoms with van der Waals surface area (Å²) in [5.41, 5.74) is 1.29. The molecule has 1 fully saturated rings. The van der Waals surface area contributed by atoms with Gasteiger partial charge in [0.2, 0.25) is 11.8 Å². The number of imide groups is 1. The topological polar surface area (TPSA) is 91.8 Å². The van der Waals surface area contributed by atoms with E-state index in [0.29, 0.717) is 12.0 Å². The third-order valence-corrected chi connectivity index (χ3v) is 7.66. The Bertz CT molecular complexity index is 1210. The van der Waals surface area contributed by atoms with Crippen LogP contribution in [0.4, 0.5) is 4.39 Å². The summed E-state index contributed by atoms with van der Waals surface area (Å²) in [6.45, 7) is 2.00. The predicted molar refractivity (Wildman–Crippen MR) is 115 cm³/mol. The molecule has 0 aromatic heterocycles. The number of para-hydroxylation sites is 1. The number of ketones is 2. The Morgan fingerprint density at radius 1 is 1.16 bits per heavy atom. The van der Waals surface area contributed by atoms with Crippen molar-refractivity contribution in [2.24, 2.45) is 17.8 Å². The summed E-state index contributed by atoms with van der Waals surface area (Å²) in [6, 6.07) is 4.07. The van der Waals surface area contributed by atoms with Gasteiger partial charge in [0.05, 0.1) is 16.3 Å². The normalized spacial score (nSPS) is 29.5. The largest absolute Gasteiger partial charge is 0.505 e. The van der Waals surface area contributed by atoms with Crippen LogP contribution < -0.4 is 0 Å². The van der Waals surface area contributed by atoms with Crippen LogP contribution in [0.1, 0.15) is 31.2 Å². The zero-order chi connectivity index (χ0) is 22.9. The van der Waals surface area contributed by atoms with Gasteiger partial charge in [-0.15, -0.1) is 0 Å². The van der Waals surface area contributed by atoms with Crippen molar-refractivity contribution >= 4 is 39.3 Å². The molecule has 1 N–H and O–H groups in total. The Kier molecular flexibility index (Phi) is 4.81. The molecule has 1 aliphatic heterocycles. The second kappa shape index (κ2) is 7.33. The molecule has 0 unspecified atom stereocenters. The smallest absolute Gasteiger partial charge is 0.233 e. The molecular weight excluding hydrogens is 481 g/mol. The van der Waals surface area contributed by atoms with Gasteiger partial charge < -0.3 is 5.11 Å². The number of amides is 2. The summed E-state index contributed by atoms with van der Waals surface area (Å²) in [7, 11) is 0. The number of aromatic hydroxyl groups is 1. The zero-order valence-electron chi connectivity index (χ0n) is 17.1. The highest BCUT2D eigenvalue weighted by molar-refractivity contribution is 9.12. The quantitative estimate of drug-likeness (QED) is 0.382. The molecule has 4 aliphatic rings. The van der Waals surface area contributed by atoms with Crippen LogP contribution in [0.3, 0.4) is 0 Å². The Morgan fingerprint density at radius 2 is 1.91 bits per heavy atom. The average Bonchev–Trinajstić information content (AvgIpc) is 3.02. The van der Waals surface area contributed by atoms with E-state index in [1.165, 1.54) is 23.1 Å². The number of Topliss-reactive ketones (excluding diaryl/α,β-unsaturated/α-hetero) is 1. The van der Waals surface area contributed by atoms with E-state index in [2.05, 4.69) is 15.9 Å². The Morgan fingerprint density at radius 3 is 2.62 bits per heavy atom. The number of phenols is 1. The first kappa shape index (κ1) is 21.0. The highest BCUT2D eigenvalue weighted by Crippen LogP contribution is 2.56. The third-order valence-electron chi connectivity index (χ3n) is 7.07. The summed E-state index contributed by atoms with van der Waals surface area (Å²) in [5.74, 6) is -5.24. The molecule has 1 aromatic carbocycles. The van der Waals surface area contributed by atoms with E-state index in [9.17, 15) is 28.7 Å². The van der Waals surface area contributed by atoms with Crippen LogP contribution in [0.5, 0.6) is 5.75 Å². The summed E-state index contributed by atoms with van der Waals surface area (Å²) >= 11 is 3.15. The van der Waals surface area contributed by atoms with Gasteiger partial charge in [-0.1, -0.05) is 23.8 Å². The standard InChI is InChI=1S/C24H19BrFNO5/c1-2-27-23(31)12-7-6-10-13(19(12)24(27)32)8-14-20(17(28)9-15(25)21(14)29)18(10)11-4-3-5-16(26)22(11)30/h3-6,9,12-13,18-19,30H,2,7-8H2,1H3/t12-,13+,18+,19-/m0/s1. The number of allylic oxidation sites excluding steroid dienone is 6. The molecule has 2 amide bonds. The molecule has 164 valence electrons. The van der Waals surface area contributed by atoms with E-state index in [1.807, 2.05) is 6.08 Å². The second-order valence-corrected chi connectivity index (χ2v) is 9.35. The van der Waals surface area contributed by atoms with Gasteiger partial charge in [-0.2, -0.15) is 0 Å². The van der Waals surface area contributed by atoms with Crippen molar-refractivity contribution in [2.75, 3.05) is 6.54 Å². The van der Waals surface area contributed by atoms with Gasteiger partial charge in [-0.3, -0.25) is 24.1 Å². The van der Waals surface area contributed by atoms with Gasteiger partial charge in [-0.05, 0) is 47.7 Å². The molecule has 0 radical (unpaired) electrons. The van der Waals surface area contributed by atoms with Crippen LogP contribution in [0, 0.1) is 23.6 Å². The van der Waals surface area contributed by atoms with Crippen LogP contribution >= 0.6 is 15.9 Å². The number of nitrogens with zero attached hydrogens (tertiary/aromatic N) is 1. The van der Waals surface area contributed by atoms with Crippen LogP contribution in [-0.2, 0) is 19.2 Å². The van der Waals surface area contributed by atoms with Gasteiger partial charge in [0.15, 0.2) is 23.1 Å². The molecule has 5 rings (SSSR count). The monoisotopic (exact) mass is 499 g/mol. The van der Waals surface area contributed by atoms with E-state index in [-0.39, 0.29) is 51.8 Å². The SMILES string of the molecule is CCN1C(=O)[C@H]2[C@H](CC=C3[C@H](c4cccc(F)c4O)C4=C(C[C@H]32)C(=O)C(Br)=CC4=O)C1=O. The summed E-state index contributed by atoms with van der Waals surface area (Å²) in [5, 5.41) is 10.5. The lowest BCUT2D eigenvalue weighted by Crippen LogP contribution is -2.39. The molecule has 4 atom stereocenters. The molecule has 1 heterocycles. The Labute approximate surface area is 191 Å². The maximum atomic E-state index is 14.3. The fourth-order valence-corrected chi connectivity index (χ4v) is 6.15. The van der Waals surface area contributed by atoms with Crippen LogP contribution in [-0.4, -0.2) is 39.9 Å². The van der Waals surface area contributed by atoms with Gasteiger partial charge in [0.25, 0.3) is 0 Å². The van der Waals surface area contributed by atoms with Crippen molar-refractivity contribution in [2.45, 2.75) is 25.7 Å². The third kappa shape index (κ3) is 2.75. The van der Waals surface area contributed by atoms with E-state index in [0.717, 1.165) is 6.07 Å². The van der Waals surface area contributed by atoms with E-state index < -0.39 is 41.0 Å². The zero-order valence-corrected chi connectivity index (χ0v) is 18.7. The first-order chi connectivity index (χ1) is 15.3. The first-order valence-corrected chi connectivity index (χ1v) is 11.3. The number of phenolic OH excluding ortho intramolecular Hbond substituents is 1. The molecule has 3 aliphatic carbocycles. The average molecular weight is 500 g/mol. The minimum atomic E-state index is -0.868. The molecule has 0 saturated carbocycles. The number of benzene rings is 1. The second-order valence-electron chi connectivity index (χ2n) is 8.49. The lowest BCUT2D eigenvalue weighted by Gasteiger charge is -2.42. The van der Waals surface area contributed by atoms with Crippen molar-refractivity contribution < 1.29 is 28.7 Å². The summed E-state index contributed by atoms with van der Waals surface area (Å²) < 4.78 is 14.4. The number of carbonyl (C=O) groups is 4. The van der Waals surface area contributed by atoms with Crippen molar-refractivity contribution in [3.8, 4) is 5.75 Å². The van der Waals surface area contributed by atoms with E-state index >= 15 is 0 Å². The van der Waals surface area contributed by atoms with Gasteiger partial charge in [0.1, 0.15) is 0 Å². The number of fused-ring (bicyclic) bond motifs is 3. The highest BCUT2D eigenvalue weighted by Gasteiger charge is 2.56. The number of hydrogen-bond donors (Lipinski definition) is 1. The molecule has 1 saturated heterocycles. The number of rotatable bonds is 2. The maximum Gasteiger partial charge on any atom is 0.233 e. The minimum absolute atomic E-state index is 0.118. The van der Waals surface area contributed by atoms with E-state index in [1.54, 1.807) is 6.92 Å². The van der Waals surface area contributed by atoms with Crippen molar-refractivity contribution in [3.63, 3.8) is 0 Å². The molecule has 1 aromatic rings. The lowest BCUT2D eigenvalue weighted by atomic mass is 9.59. The number of halogens is 2. The fourth-order valence-electron chi connectivity index (χ4n) is 5.70. The van der Waals surface area contributed by atoms with Crippen LogP contribution in [0.2, 0.25) is 0 Å². The molecule has 0 bridgehead atoms. The van der Waals surface area contributed by atoms with Crippen molar-refractivity contribution in [3.05, 3.63) is 62.9 Å². The molecule has 32 heavy (non-hydrogen) atoms. The Hall–Kier alpha value is -2.87. The first-order valence-electron chi connectivity index (χ1n) is 10.5. The number of likely N-dealkylation sites (tertiary alicyclic amines) is 1. The summed E-state index contributed by atoms with van der Waals surface area (Å²) in [4.78, 5) is 53.2. The van der Waals surface area contributed by atoms with Crippen LogP contribution in [0.25, 0.3) is 0 Å². The molecule has 6 nitrogen and oxygen atoms in total. The highest BCUT2D eigenvalue weighted by atomic mass is 79.9. The van der Waals surface area contributed by atoms with E-state index in [4.69, 9.17) is 0 Å². The summed E-state index contributed by atoms with van der Waals surface area (Å²) in [6.07, 6.45) is 3.48. The van der Waals surface area contributed by atoms with Crippen molar-refractivity contribution in [1.29, 1.82) is 0 Å². The lowest BCUT2D eigenvalue weighted by molar-refractivity contribution is -0.139. The van der Waals surface area contributed by atoms with Gasteiger partial charge >= 0.3 is 0 Å². The molecule has 8 heteroatoms. The molecular formula is C24H19BrFNO5. The van der Waals surface area contributed by atoms with Gasteiger partial charge in [-0.25, -0.2) is 4.39 Å². The fraction of sp³-hybridized carbons (Fsp3) is 0.333. The number of hydrogen-bond acceptors (Lipinski definition) is 5. The van der Waals surface area contributed by atoms with Crippen LogP contribution in [0.15, 0.2) is 51.6 Å². The minimum Gasteiger partial charge on any atom is -0.505 e. The maximum absolute atomic E-state index is 14.3. The molecule has 0 spiro atoms. The van der Waals surface area contributed by atoms with Gasteiger partial charge in [0, 0.05) is 35.2 Å².